The summed E-state index contributed by atoms with van der Waals surface area (Å²) >= 11 is 0. The largest absolute Gasteiger partial charge is 0.428 e. The van der Waals surface area contributed by atoms with Crippen molar-refractivity contribution in [1.82, 2.24) is 10.3 Å². The minimum atomic E-state index is -2.23. The zero-order valence-electron chi connectivity index (χ0n) is 10.7. The lowest BCUT2D eigenvalue weighted by molar-refractivity contribution is 0.569. The molecule has 17 heavy (non-hydrogen) atoms. The molecule has 0 atom stereocenters. The van der Waals surface area contributed by atoms with E-state index in [0.29, 0.717) is 0 Å². The van der Waals surface area contributed by atoms with Crippen LogP contribution in [0.25, 0.3) is 10.9 Å². The van der Waals surface area contributed by atoms with Crippen molar-refractivity contribution in [3.8, 4) is 0 Å². The third kappa shape index (κ3) is 2.60. The molecule has 4 heteroatoms. The molecule has 0 unspecified atom stereocenters. The van der Waals surface area contributed by atoms with Gasteiger partial charge in [-0.15, -0.1) is 0 Å². The summed E-state index contributed by atoms with van der Waals surface area (Å²) in [5, 5.41) is 5.41. The number of nitrogens with one attached hydrogen (secondary N) is 2. The van der Waals surface area contributed by atoms with Gasteiger partial charge in [0.15, 0.2) is 0 Å². The van der Waals surface area contributed by atoms with Crippen molar-refractivity contribution >= 4 is 24.4 Å². The minimum Gasteiger partial charge on any atom is -0.428 e. The molecular formula is C13H20N2OSi. The van der Waals surface area contributed by atoms with E-state index in [2.05, 4.69) is 28.5 Å². The Kier molecular flexibility index (Phi) is 3.37. The molecule has 0 aliphatic carbocycles. The molecule has 0 aliphatic rings. The highest BCUT2D eigenvalue weighted by Gasteiger charge is 2.23. The Morgan fingerprint density at radius 3 is 2.76 bits per heavy atom. The van der Waals surface area contributed by atoms with Crippen molar-refractivity contribution in [3.63, 3.8) is 0 Å². The summed E-state index contributed by atoms with van der Waals surface area (Å²) in [6.45, 7) is 4.88. The predicted molar refractivity (Wildman–Crippen MR) is 75.3 cm³/mol. The van der Waals surface area contributed by atoms with E-state index >= 15 is 0 Å². The fourth-order valence-corrected chi connectivity index (χ4v) is 3.41. The van der Waals surface area contributed by atoms with E-state index in [1.54, 1.807) is 0 Å². The van der Waals surface area contributed by atoms with Crippen LogP contribution in [0, 0.1) is 0 Å². The van der Waals surface area contributed by atoms with Crippen LogP contribution in [0.5, 0.6) is 0 Å². The van der Waals surface area contributed by atoms with Gasteiger partial charge < -0.3 is 15.1 Å². The van der Waals surface area contributed by atoms with Gasteiger partial charge in [0, 0.05) is 17.1 Å². The van der Waals surface area contributed by atoms with Crippen LogP contribution in [-0.2, 0) is 6.42 Å². The van der Waals surface area contributed by atoms with Gasteiger partial charge in [-0.2, -0.15) is 0 Å². The molecule has 1 heterocycles. The zero-order chi connectivity index (χ0) is 12.5. The van der Waals surface area contributed by atoms with Gasteiger partial charge in [-0.05, 0) is 49.9 Å². The van der Waals surface area contributed by atoms with Crippen molar-refractivity contribution < 1.29 is 4.80 Å². The Balaban J connectivity index is 2.38. The highest BCUT2D eigenvalue weighted by molar-refractivity contribution is 6.85. The maximum absolute atomic E-state index is 10.2. The van der Waals surface area contributed by atoms with Crippen LogP contribution in [0.15, 0.2) is 24.4 Å². The Morgan fingerprint density at radius 2 is 2.12 bits per heavy atom. The summed E-state index contributed by atoms with van der Waals surface area (Å²) in [5.41, 5.74) is 2.45. The van der Waals surface area contributed by atoms with Gasteiger partial charge in [0.2, 0.25) is 8.32 Å². The van der Waals surface area contributed by atoms with Gasteiger partial charge >= 0.3 is 0 Å². The Bertz CT molecular complexity index is 514. The van der Waals surface area contributed by atoms with Crippen molar-refractivity contribution in [3.05, 3.63) is 30.0 Å². The second-order valence-electron chi connectivity index (χ2n) is 4.99. The molecule has 0 aliphatic heterocycles. The van der Waals surface area contributed by atoms with E-state index < -0.39 is 8.32 Å². The third-order valence-corrected chi connectivity index (χ3v) is 4.80. The van der Waals surface area contributed by atoms with Crippen LogP contribution < -0.4 is 10.5 Å². The predicted octanol–water partition coefficient (Wildman–Crippen LogP) is 1.33. The Morgan fingerprint density at radius 1 is 1.35 bits per heavy atom. The van der Waals surface area contributed by atoms with Gasteiger partial charge in [0.25, 0.3) is 0 Å². The summed E-state index contributed by atoms with van der Waals surface area (Å²) in [4.78, 5) is 13.5. The quantitative estimate of drug-likeness (QED) is 0.715. The maximum Gasteiger partial charge on any atom is 0.216 e. The van der Waals surface area contributed by atoms with E-state index in [1.165, 1.54) is 5.56 Å². The first kappa shape index (κ1) is 12.4. The van der Waals surface area contributed by atoms with Crippen LogP contribution in [-0.4, -0.2) is 31.7 Å². The van der Waals surface area contributed by atoms with Crippen molar-refractivity contribution in [2.45, 2.75) is 19.5 Å². The van der Waals surface area contributed by atoms with Crippen LogP contribution in [0.1, 0.15) is 5.56 Å². The standard InChI is InChI=1S/C13H20N2OSi/c1-14-7-6-10-4-5-11-12(8-10)15-9-13(11)17(2,3)16/h4-5,8-9,14-16H,6-7H2,1-3H3. The summed E-state index contributed by atoms with van der Waals surface area (Å²) in [7, 11) is -0.268. The molecule has 3 N–H and O–H groups in total. The molecule has 0 bridgehead atoms. The average Bonchev–Trinajstić information content (AvgIpc) is 2.68. The molecule has 3 nitrogen and oxygen atoms in total. The summed E-state index contributed by atoms with van der Waals surface area (Å²) in [5.74, 6) is 0. The lowest BCUT2D eigenvalue weighted by Gasteiger charge is -2.12. The summed E-state index contributed by atoms with van der Waals surface area (Å²) in [6, 6.07) is 6.45. The van der Waals surface area contributed by atoms with Crippen molar-refractivity contribution in [1.29, 1.82) is 0 Å². The van der Waals surface area contributed by atoms with Crippen LogP contribution in [0.4, 0.5) is 0 Å². The summed E-state index contributed by atoms with van der Waals surface area (Å²) in [6.07, 6.45) is 2.99. The number of H-pyrrole nitrogens is 1. The molecule has 0 saturated heterocycles. The molecule has 0 spiro atoms. The first-order valence-electron chi connectivity index (χ1n) is 6.00. The van der Waals surface area contributed by atoms with E-state index in [-0.39, 0.29) is 0 Å². The lowest BCUT2D eigenvalue weighted by Crippen LogP contribution is -2.40. The zero-order valence-corrected chi connectivity index (χ0v) is 11.7. The van der Waals surface area contributed by atoms with Crippen molar-refractivity contribution in [2.75, 3.05) is 13.6 Å². The van der Waals surface area contributed by atoms with Crippen LogP contribution >= 0.6 is 0 Å². The average molecular weight is 248 g/mol. The molecule has 0 radical (unpaired) electrons. The fraction of sp³-hybridized carbons (Fsp3) is 0.385. The number of aromatic nitrogens is 1. The molecule has 0 fully saturated rings. The molecule has 1 aromatic carbocycles. The van der Waals surface area contributed by atoms with Crippen molar-refractivity contribution in [2.24, 2.45) is 0 Å². The first-order chi connectivity index (χ1) is 8.02. The number of hydrogen-bond donors (Lipinski definition) is 3. The highest BCUT2D eigenvalue weighted by atomic mass is 28.4. The second kappa shape index (κ2) is 4.64. The van der Waals surface area contributed by atoms with E-state index in [4.69, 9.17) is 0 Å². The SMILES string of the molecule is CNCCc1ccc2c([Si](C)(C)O)c[nH]c2c1. The van der Waals surface area contributed by atoms with Gasteiger partial charge in [0.05, 0.1) is 0 Å². The van der Waals surface area contributed by atoms with Gasteiger partial charge in [-0.3, -0.25) is 0 Å². The van der Waals surface area contributed by atoms with E-state index in [1.807, 2.05) is 26.3 Å². The second-order valence-corrected chi connectivity index (χ2v) is 8.65. The fourth-order valence-electron chi connectivity index (χ4n) is 2.10. The van der Waals surface area contributed by atoms with E-state index in [9.17, 15) is 4.80 Å². The Labute approximate surface area is 103 Å². The molecule has 1 aromatic heterocycles. The number of aromatic amines is 1. The molecular weight excluding hydrogens is 228 g/mol. The van der Waals surface area contributed by atoms with E-state index in [0.717, 1.165) is 29.1 Å². The topological polar surface area (TPSA) is 48.0 Å². The lowest BCUT2D eigenvalue weighted by atomic mass is 10.1. The molecule has 0 amide bonds. The van der Waals surface area contributed by atoms with Crippen LogP contribution in [0.3, 0.4) is 0 Å². The van der Waals surface area contributed by atoms with Crippen LogP contribution in [0.2, 0.25) is 13.1 Å². The highest BCUT2D eigenvalue weighted by Crippen LogP contribution is 2.16. The van der Waals surface area contributed by atoms with Gasteiger partial charge in [0.1, 0.15) is 0 Å². The van der Waals surface area contributed by atoms with Gasteiger partial charge in [-0.1, -0.05) is 12.1 Å². The monoisotopic (exact) mass is 248 g/mol. The summed E-state index contributed by atoms with van der Waals surface area (Å²) < 4.78 is 0. The Hall–Kier alpha value is -1.10. The number of hydrogen-bond acceptors (Lipinski definition) is 2. The number of fused-ring (bicyclic) bond motifs is 1. The maximum atomic E-state index is 10.2. The first-order valence-corrected chi connectivity index (χ1v) is 8.94. The number of benzene rings is 1. The minimum absolute atomic E-state index is 0.985. The number of rotatable bonds is 4. The molecule has 2 rings (SSSR count). The normalized spacial score (nSPS) is 12.2. The smallest absolute Gasteiger partial charge is 0.216 e. The van der Waals surface area contributed by atoms with Gasteiger partial charge in [-0.25, -0.2) is 0 Å². The molecule has 92 valence electrons. The molecule has 2 aromatic rings. The number of likely N-dealkylation sites (N-methyl/N-ethyl adjacent to an activating group) is 1. The third-order valence-electron chi connectivity index (χ3n) is 3.07. The molecule has 0 saturated carbocycles.